The summed E-state index contributed by atoms with van der Waals surface area (Å²) < 4.78 is 23.4. The van der Waals surface area contributed by atoms with Gasteiger partial charge in [0.2, 0.25) is 0 Å². The van der Waals surface area contributed by atoms with Crippen molar-refractivity contribution in [3.63, 3.8) is 0 Å². The first-order valence-electron chi connectivity index (χ1n) is 8.03. The van der Waals surface area contributed by atoms with Crippen molar-refractivity contribution in [1.82, 2.24) is 0 Å². The zero-order valence-electron chi connectivity index (χ0n) is 14.1. The van der Waals surface area contributed by atoms with E-state index in [0.29, 0.717) is 30.0 Å². The SMILES string of the molecule is CCOC(=O)c1ccc(NC(=O)[C@H](CC)Oc2ccc(F)cc2)cc1. The minimum atomic E-state index is -0.713. The largest absolute Gasteiger partial charge is 0.481 e. The first kappa shape index (κ1) is 18.4. The number of hydrogen-bond acceptors (Lipinski definition) is 4. The quantitative estimate of drug-likeness (QED) is 0.775. The van der Waals surface area contributed by atoms with Gasteiger partial charge in [0.25, 0.3) is 5.91 Å². The molecule has 2 aromatic rings. The Hall–Kier alpha value is -2.89. The van der Waals surface area contributed by atoms with Gasteiger partial charge in [-0.05, 0) is 61.9 Å². The predicted molar refractivity (Wildman–Crippen MR) is 92.1 cm³/mol. The Labute approximate surface area is 145 Å². The van der Waals surface area contributed by atoms with E-state index in [-0.39, 0.29) is 11.7 Å². The molecule has 1 atom stereocenters. The van der Waals surface area contributed by atoms with Gasteiger partial charge in [-0.1, -0.05) is 6.92 Å². The molecule has 0 radical (unpaired) electrons. The topological polar surface area (TPSA) is 64.6 Å². The van der Waals surface area contributed by atoms with Gasteiger partial charge in [0.15, 0.2) is 6.10 Å². The summed E-state index contributed by atoms with van der Waals surface area (Å²) >= 11 is 0. The molecular weight excluding hydrogens is 325 g/mol. The van der Waals surface area contributed by atoms with Gasteiger partial charge in [-0.15, -0.1) is 0 Å². The number of carbonyl (C=O) groups is 2. The van der Waals surface area contributed by atoms with Crippen molar-refractivity contribution in [2.24, 2.45) is 0 Å². The van der Waals surface area contributed by atoms with Gasteiger partial charge in [0.05, 0.1) is 12.2 Å². The van der Waals surface area contributed by atoms with Crippen LogP contribution in [0, 0.1) is 5.82 Å². The van der Waals surface area contributed by atoms with E-state index in [1.165, 1.54) is 24.3 Å². The third-order valence-corrected chi connectivity index (χ3v) is 3.42. The molecule has 0 spiro atoms. The minimum Gasteiger partial charge on any atom is -0.481 e. The molecule has 0 aliphatic heterocycles. The molecule has 0 saturated heterocycles. The summed E-state index contributed by atoms with van der Waals surface area (Å²) in [6.45, 7) is 3.85. The monoisotopic (exact) mass is 345 g/mol. The van der Waals surface area contributed by atoms with Crippen molar-refractivity contribution < 1.29 is 23.5 Å². The Morgan fingerprint density at radius 2 is 1.68 bits per heavy atom. The number of ether oxygens (including phenoxy) is 2. The van der Waals surface area contributed by atoms with Crippen molar-refractivity contribution in [2.75, 3.05) is 11.9 Å². The number of halogens is 1. The molecule has 0 saturated carbocycles. The van der Waals surface area contributed by atoms with E-state index in [4.69, 9.17) is 9.47 Å². The van der Waals surface area contributed by atoms with Gasteiger partial charge in [0, 0.05) is 5.69 Å². The normalized spacial score (nSPS) is 11.5. The molecule has 0 heterocycles. The van der Waals surface area contributed by atoms with E-state index in [1.807, 2.05) is 6.92 Å². The second kappa shape index (κ2) is 8.82. The Morgan fingerprint density at radius 3 is 2.24 bits per heavy atom. The Kier molecular flexibility index (Phi) is 6.51. The zero-order chi connectivity index (χ0) is 18.2. The van der Waals surface area contributed by atoms with E-state index in [2.05, 4.69) is 5.32 Å². The molecule has 1 N–H and O–H groups in total. The number of carbonyl (C=O) groups excluding carboxylic acids is 2. The lowest BCUT2D eigenvalue weighted by atomic mass is 10.2. The number of amides is 1. The number of nitrogens with one attached hydrogen (secondary N) is 1. The summed E-state index contributed by atoms with van der Waals surface area (Å²) in [5.41, 5.74) is 0.952. The highest BCUT2D eigenvalue weighted by Gasteiger charge is 2.18. The maximum absolute atomic E-state index is 12.9. The van der Waals surface area contributed by atoms with E-state index in [0.717, 1.165) is 0 Å². The molecule has 1 amide bonds. The van der Waals surface area contributed by atoms with Crippen LogP contribution >= 0.6 is 0 Å². The van der Waals surface area contributed by atoms with E-state index in [9.17, 15) is 14.0 Å². The van der Waals surface area contributed by atoms with Crippen LogP contribution < -0.4 is 10.1 Å². The van der Waals surface area contributed by atoms with Crippen LogP contribution in [-0.2, 0) is 9.53 Å². The second-order valence-corrected chi connectivity index (χ2v) is 5.26. The first-order valence-corrected chi connectivity index (χ1v) is 8.03. The van der Waals surface area contributed by atoms with Crippen LogP contribution in [0.25, 0.3) is 0 Å². The standard InChI is InChI=1S/C19H20FNO4/c1-3-17(25-16-11-7-14(20)8-12-16)18(22)21-15-9-5-13(6-10-15)19(23)24-4-2/h5-12,17H,3-4H2,1-2H3,(H,21,22)/t17-/m0/s1. The number of esters is 1. The number of benzene rings is 2. The van der Waals surface area contributed by atoms with Crippen molar-refractivity contribution >= 4 is 17.6 Å². The Bertz CT molecular complexity index is 713. The molecule has 0 aliphatic carbocycles. The van der Waals surface area contributed by atoms with Crippen LogP contribution in [0.15, 0.2) is 48.5 Å². The van der Waals surface area contributed by atoms with Crippen molar-refractivity contribution in [2.45, 2.75) is 26.4 Å². The molecule has 0 aromatic heterocycles. The fraction of sp³-hybridized carbons (Fsp3) is 0.263. The molecule has 5 nitrogen and oxygen atoms in total. The van der Waals surface area contributed by atoms with E-state index in [1.54, 1.807) is 31.2 Å². The third kappa shape index (κ3) is 5.31. The van der Waals surface area contributed by atoms with Gasteiger partial charge in [-0.25, -0.2) is 9.18 Å². The molecule has 0 aliphatic rings. The van der Waals surface area contributed by atoms with Crippen molar-refractivity contribution in [1.29, 1.82) is 0 Å². The maximum Gasteiger partial charge on any atom is 0.338 e. The first-order chi connectivity index (χ1) is 12.0. The summed E-state index contributed by atoms with van der Waals surface area (Å²) in [6, 6.07) is 11.9. The molecule has 132 valence electrons. The summed E-state index contributed by atoms with van der Waals surface area (Å²) in [6.07, 6.45) is -0.264. The molecule has 0 bridgehead atoms. The predicted octanol–water partition coefficient (Wildman–Crippen LogP) is 3.80. The van der Waals surface area contributed by atoms with Crippen molar-refractivity contribution in [3.8, 4) is 5.75 Å². The molecule has 0 fully saturated rings. The van der Waals surface area contributed by atoms with Crippen LogP contribution in [0.4, 0.5) is 10.1 Å². The Balaban J connectivity index is 1.99. The Morgan fingerprint density at radius 1 is 1.04 bits per heavy atom. The van der Waals surface area contributed by atoms with Gasteiger partial charge in [-0.2, -0.15) is 0 Å². The smallest absolute Gasteiger partial charge is 0.338 e. The van der Waals surface area contributed by atoms with Gasteiger partial charge in [-0.3, -0.25) is 4.79 Å². The van der Waals surface area contributed by atoms with Gasteiger partial charge < -0.3 is 14.8 Å². The van der Waals surface area contributed by atoms with Crippen LogP contribution in [-0.4, -0.2) is 24.6 Å². The fourth-order valence-corrected chi connectivity index (χ4v) is 2.13. The van der Waals surface area contributed by atoms with Crippen LogP contribution in [0.3, 0.4) is 0 Å². The molecule has 2 aromatic carbocycles. The highest BCUT2D eigenvalue weighted by molar-refractivity contribution is 5.95. The van der Waals surface area contributed by atoms with Gasteiger partial charge in [0.1, 0.15) is 11.6 Å². The van der Waals surface area contributed by atoms with Crippen molar-refractivity contribution in [3.05, 3.63) is 59.9 Å². The van der Waals surface area contributed by atoms with E-state index < -0.39 is 12.1 Å². The average Bonchev–Trinajstić information content (AvgIpc) is 2.62. The number of rotatable bonds is 7. The fourth-order valence-electron chi connectivity index (χ4n) is 2.13. The summed E-state index contributed by atoms with van der Waals surface area (Å²) in [4.78, 5) is 23.9. The average molecular weight is 345 g/mol. The summed E-state index contributed by atoms with van der Waals surface area (Å²) in [5, 5.41) is 2.73. The molecule has 25 heavy (non-hydrogen) atoms. The highest BCUT2D eigenvalue weighted by Crippen LogP contribution is 2.16. The third-order valence-electron chi connectivity index (χ3n) is 3.42. The van der Waals surface area contributed by atoms with Crippen LogP contribution in [0.1, 0.15) is 30.6 Å². The lowest BCUT2D eigenvalue weighted by Gasteiger charge is -2.17. The highest BCUT2D eigenvalue weighted by atomic mass is 19.1. The second-order valence-electron chi connectivity index (χ2n) is 5.26. The molecule has 0 unspecified atom stereocenters. The van der Waals surface area contributed by atoms with E-state index >= 15 is 0 Å². The lowest BCUT2D eigenvalue weighted by Crippen LogP contribution is -2.32. The summed E-state index contributed by atoms with van der Waals surface area (Å²) in [5.74, 6) is -0.685. The lowest BCUT2D eigenvalue weighted by molar-refractivity contribution is -0.122. The zero-order valence-corrected chi connectivity index (χ0v) is 14.1. The number of hydrogen-bond donors (Lipinski definition) is 1. The molecule has 2 rings (SSSR count). The van der Waals surface area contributed by atoms with Crippen LogP contribution in [0.5, 0.6) is 5.75 Å². The van der Waals surface area contributed by atoms with Gasteiger partial charge >= 0.3 is 5.97 Å². The number of anilines is 1. The maximum atomic E-state index is 12.9. The minimum absolute atomic E-state index is 0.302. The summed E-state index contributed by atoms with van der Waals surface area (Å²) in [7, 11) is 0. The van der Waals surface area contributed by atoms with Crippen LogP contribution in [0.2, 0.25) is 0 Å². The molecule has 6 heteroatoms. The molecular formula is C19H20FNO4.